The molecule has 0 aliphatic rings. The Morgan fingerprint density at radius 1 is 1.10 bits per heavy atom. The minimum Gasteiger partial charge on any atom is -0.435 e. The first-order valence-corrected chi connectivity index (χ1v) is 7.84. The first-order chi connectivity index (χ1) is 10.1. The van der Waals surface area contributed by atoms with Crippen LogP contribution in [0.2, 0.25) is 0 Å². The van der Waals surface area contributed by atoms with Crippen LogP contribution in [-0.4, -0.2) is 13.2 Å². The summed E-state index contributed by atoms with van der Waals surface area (Å²) in [5, 5.41) is 3.55. The molecule has 0 radical (unpaired) electrons. The molecular weight excluding hydrogens is 272 g/mol. The molecule has 0 bridgehead atoms. The Kier molecular flexibility index (Phi) is 8.28. The molecule has 2 nitrogen and oxygen atoms in total. The van der Waals surface area contributed by atoms with E-state index in [1.807, 2.05) is 12.1 Å². The van der Waals surface area contributed by atoms with Gasteiger partial charge in [-0.05, 0) is 43.0 Å². The molecule has 0 heterocycles. The topological polar surface area (TPSA) is 21.3 Å². The van der Waals surface area contributed by atoms with Gasteiger partial charge in [0.05, 0.1) is 0 Å². The molecule has 4 heteroatoms. The Bertz CT molecular complexity index is 381. The van der Waals surface area contributed by atoms with E-state index in [1.165, 1.54) is 12.8 Å². The highest BCUT2D eigenvalue weighted by Crippen LogP contribution is 2.26. The third kappa shape index (κ3) is 6.89. The number of benzene rings is 1. The van der Waals surface area contributed by atoms with Crippen LogP contribution in [0.5, 0.6) is 5.75 Å². The SMILES string of the molecule is CCCNC(CC(C)CCC)c1ccc(OC(F)F)cc1. The van der Waals surface area contributed by atoms with E-state index in [1.54, 1.807) is 12.1 Å². The molecular formula is C17H27F2NO. The first-order valence-electron chi connectivity index (χ1n) is 7.84. The predicted octanol–water partition coefficient (Wildman–Crippen LogP) is 5.16. The first kappa shape index (κ1) is 17.9. The highest BCUT2D eigenvalue weighted by Gasteiger charge is 2.15. The van der Waals surface area contributed by atoms with E-state index in [0.29, 0.717) is 5.92 Å². The Balaban J connectivity index is 2.72. The number of hydrogen-bond donors (Lipinski definition) is 1. The van der Waals surface area contributed by atoms with Gasteiger partial charge in [0.1, 0.15) is 5.75 Å². The van der Waals surface area contributed by atoms with Gasteiger partial charge in [-0.2, -0.15) is 8.78 Å². The summed E-state index contributed by atoms with van der Waals surface area (Å²) in [4.78, 5) is 0. The summed E-state index contributed by atoms with van der Waals surface area (Å²) in [6, 6.07) is 7.26. The largest absolute Gasteiger partial charge is 0.435 e. The van der Waals surface area contributed by atoms with Crippen molar-refractivity contribution in [2.75, 3.05) is 6.54 Å². The van der Waals surface area contributed by atoms with Crippen molar-refractivity contribution >= 4 is 0 Å². The van der Waals surface area contributed by atoms with Crippen LogP contribution < -0.4 is 10.1 Å². The summed E-state index contributed by atoms with van der Waals surface area (Å²) < 4.78 is 28.7. The standard InChI is InChI=1S/C17H27F2NO/c1-4-6-13(3)12-16(20-11-5-2)14-7-9-15(10-8-14)21-17(18)19/h7-10,13,16-17,20H,4-6,11-12H2,1-3H3. The fraction of sp³-hybridized carbons (Fsp3) is 0.647. The zero-order valence-electron chi connectivity index (χ0n) is 13.2. The van der Waals surface area contributed by atoms with E-state index < -0.39 is 6.61 Å². The number of halogens is 2. The zero-order chi connectivity index (χ0) is 15.7. The van der Waals surface area contributed by atoms with Crippen LogP contribution in [-0.2, 0) is 0 Å². The third-order valence-corrected chi connectivity index (χ3v) is 3.57. The second-order valence-corrected chi connectivity index (χ2v) is 5.58. The van der Waals surface area contributed by atoms with Gasteiger partial charge < -0.3 is 10.1 Å². The van der Waals surface area contributed by atoms with Gasteiger partial charge in [-0.1, -0.05) is 45.7 Å². The molecule has 1 N–H and O–H groups in total. The summed E-state index contributed by atoms with van der Waals surface area (Å²) in [6.45, 7) is 4.78. The van der Waals surface area contributed by atoms with Crippen molar-refractivity contribution in [3.63, 3.8) is 0 Å². The van der Waals surface area contributed by atoms with E-state index >= 15 is 0 Å². The highest BCUT2D eigenvalue weighted by atomic mass is 19.3. The molecule has 1 rings (SSSR count). The van der Waals surface area contributed by atoms with Crippen LogP contribution in [0.1, 0.15) is 58.1 Å². The highest BCUT2D eigenvalue weighted by molar-refractivity contribution is 5.29. The maximum absolute atomic E-state index is 12.2. The zero-order valence-corrected chi connectivity index (χ0v) is 13.2. The van der Waals surface area contributed by atoms with Gasteiger partial charge in [0, 0.05) is 6.04 Å². The van der Waals surface area contributed by atoms with Crippen LogP contribution in [0.25, 0.3) is 0 Å². The lowest BCUT2D eigenvalue weighted by Gasteiger charge is -2.23. The van der Waals surface area contributed by atoms with Crippen molar-refractivity contribution in [2.45, 2.75) is 59.1 Å². The molecule has 0 aromatic heterocycles. The Hall–Kier alpha value is -1.16. The fourth-order valence-electron chi connectivity index (χ4n) is 2.55. The van der Waals surface area contributed by atoms with Crippen LogP contribution >= 0.6 is 0 Å². The lowest BCUT2D eigenvalue weighted by Crippen LogP contribution is -2.24. The van der Waals surface area contributed by atoms with Crippen LogP contribution in [0, 0.1) is 5.92 Å². The normalized spacial score (nSPS) is 14.2. The van der Waals surface area contributed by atoms with E-state index in [-0.39, 0.29) is 11.8 Å². The predicted molar refractivity (Wildman–Crippen MR) is 82.8 cm³/mol. The van der Waals surface area contributed by atoms with E-state index in [4.69, 9.17) is 0 Å². The molecule has 0 aliphatic carbocycles. The minimum atomic E-state index is -2.77. The molecule has 0 saturated heterocycles. The summed E-state index contributed by atoms with van der Waals surface area (Å²) >= 11 is 0. The number of rotatable bonds is 10. The molecule has 0 amide bonds. The molecule has 0 aliphatic heterocycles. The molecule has 0 saturated carbocycles. The molecule has 2 unspecified atom stereocenters. The number of hydrogen-bond acceptors (Lipinski definition) is 2. The summed E-state index contributed by atoms with van der Waals surface area (Å²) in [5.41, 5.74) is 1.13. The van der Waals surface area contributed by atoms with Crippen LogP contribution in [0.15, 0.2) is 24.3 Å². The van der Waals surface area contributed by atoms with Crippen molar-refractivity contribution in [2.24, 2.45) is 5.92 Å². The Labute approximate surface area is 126 Å². The van der Waals surface area contributed by atoms with Crippen molar-refractivity contribution in [3.8, 4) is 5.75 Å². The second kappa shape index (κ2) is 9.72. The number of alkyl halides is 2. The second-order valence-electron chi connectivity index (χ2n) is 5.58. The van der Waals surface area contributed by atoms with Gasteiger partial charge >= 0.3 is 6.61 Å². The van der Waals surface area contributed by atoms with Crippen molar-refractivity contribution < 1.29 is 13.5 Å². The summed E-state index contributed by atoms with van der Waals surface area (Å²) in [7, 11) is 0. The molecule has 0 fully saturated rings. The van der Waals surface area contributed by atoms with Gasteiger partial charge in [-0.25, -0.2) is 0 Å². The molecule has 1 aromatic carbocycles. The molecule has 120 valence electrons. The quantitative estimate of drug-likeness (QED) is 0.644. The van der Waals surface area contributed by atoms with Crippen molar-refractivity contribution in [1.82, 2.24) is 5.32 Å². The van der Waals surface area contributed by atoms with E-state index in [0.717, 1.165) is 24.9 Å². The number of ether oxygens (including phenoxy) is 1. The molecule has 0 spiro atoms. The third-order valence-electron chi connectivity index (χ3n) is 3.57. The average Bonchev–Trinajstić information content (AvgIpc) is 2.44. The molecule has 21 heavy (non-hydrogen) atoms. The van der Waals surface area contributed by atoms with E-state index in [2.05, 4.69) is 30.8 Å². The van der Waals surface area contributed by atoms with Gasteiger partial charge in [-0.15, -0.1) is 0 Å². The van der Waals surface area contributed by atoms with Crippen LogP contribution in [0.3, 0.4) is 0 Å². The lowest BCUT2D eigenvalue weighted by molar-refractivity contribution is -0.0498. The number of nitrogens with one attached hydrogen (secondary N) is 1. The fourth-order valence-corrected chi connectivity index (χ4v) is 2.55. The van der Waals surface area contributed by atoms with Crippen LogP contribution in [0.4, 0.5) is 8.78 Å². The van der Waals surface area contributed by atoms with Gasteiger partial charge in [0.15, 0.2) is 0 Å². The van der Waals surface area contributed by atoms with Gasteiger partial charge in [0.25, 0.3) is 0 Å². The maximum atomic E-state index is 12.2. The maximum Gasteiger partial charge on any atom is 0.387 e. The van der Waals surface area contributed by atoms with Gasteiger partial charge in [-0.3, -0.25) is 0 Å². The molecule has 1 aromatic rings. The lowest BCUT2D eigenvalue weighted by atomic mass is 9.93. The Morgan fingerprint density at radius 3 is 2.29 bits per heavy atom. The monoisotopic (exact) mass is 299 g/mol. The molecule has 2 atom stereocenters. The minimum absolute atomic E-state index is 0.213. The van der Waals surface area contributed by atoms with Crippen molar-refractivity contribution in [1.29, 1.82) is 0 Å². The van der Waals surface area contributed by atoms with Gasteiger partial charge in [0.2, 0.25) is 0 Å². The summed E-state index contributed by atoms with van der Waals surface area (Å²) in [6.07, 6.45) is 4.52. The van der Waals surface area contributed by atoms with Crippen molar-refractivity contribution in [3.05, 3.63) is 29.8 Å². The summed E-state index contributed by atoms with van der Waals surface area (Å²) in [5.74, 6) is 0.853. The average molecular weight is 299 g/mol. The van der Waals surface area contributed by atoms with E-state index in [9.17, 15) is 8.78 Å². The Morgan fingerprint density at radius 2 is 1.76 bits per heavy atom. The smallest absolute Gasteiger partial charge is 0.387 e.